The molecular formula is C9H10N4O2S2. The molecule has 0 atom stereocenters. The number of thiazole rings is 1. The fourth-order valence-corrected chi connectivity index (χ4v) is 2.90. The van der Waals surface area contributed by atoms with Gasteiger partial charge in [-0.2, -0.15) is 0 Å². The standard InChI is InChI=1S/C9H10N4O2S2/c1-5-11-12-8(13(5)2)17-9-10-6(4-16-9)3-7(14)15/h4H,3H2,1-2H3,(H,14,15). The highest BCUT2D eigenvalue weighted by atomic mass is 32.2. The summed E-state index contributed by atoms with van der Waals surface area (Å²) >= 11 is 2.80. The molecule has 2 heterocycles. The highest BCUT2D eigenvalue weighted by molar-refractivity contribution is 8.00. The Morgan fingerprint density at radius 1 is 1.59 bits per heavy atom. The summed E-state index contributed by atoms with van der Waals surface area (Å²) in [6.07, 6.45) is -0.0467. The number of hydrogen-bond donors (Lipinski definition) is 1. The molecule has 2 aromatic rings. The van der Waals surface area contributed by atoms with E-state index in [9.17, 15) is 4.79 Å². The maximum Gasteiger partial charge on any atom is 0.309 e. The third-order valence-electron chi connectivity index (χ3n) is 2.09. The summed E-state index contributed by atoms with van der Waals surface area (Å²) in [5, 5.41) is 19.1. The van der Waals surface area contributed by atoms with E-state index in [1.165, 1.54) is 23.1 Å². The second kappa shape index (κ2) is 4.84. The van der Waals surface area contributed by atoms with E-state index in [2.05, 4.69) is 15.2 Å². The van der Waals surface area contributed by atoms with Crippen LogP contribution in [0.25, 0.3) is 0 Å². The van der Waals surface area contributed by atoms with Crippen molar-refractivity contribution in [2.45, 2.75) is 22.8 Å². The summed E-state index contributed by atoms with van der Waals surface area (Å²) in [7, 11) is 1.88. The molecule has 8 heteroatoms. The predicted octanol–water partition coefficient (Wildman–Crippen LogP) is 1.36. The van der Waals surface area contributed by atoms with Crippen LogP contribution in [0.2, 0.25) is 0 Å². The van der Waals surface area contributed by atoms with Crippen molar-refractivity contribution >= 4 is 29.1 Å². The predicted molar refractivity (Wildman–Crippen MR) is 63.3 cm³/mol. The summed E-state index contributed by atoms with van der Waals surface area (Å²) in [5.74, 6) is -0.0452. The molecule has 0 spiro atoms. The Bertz CT molecular complexity index is 549. The molecule has 90 valence electrons. The molecule has 0 aliphatic heterocycles. The number of nitrogens with zero attached hydrogens (tertiary/aromatic N) is 4. The molecule has 0 unspecified atom stereocenters. The Morgan fingerprint density at radius 2 is 2.35 bits per heavy atom. The van der Waals surface area contributed by atoms with Crippen molar-refractivity contribution in [2.75, 3.05) is 0 Å². The first kappa shape index (κ1) is 12.1. The van der Waals surface area contributed by atoms with Crippen LogP contribution in [0.4, 0.5) is 0 Å². The summed E-state index contributed by atoms with van der Waals surface area (Å²) in [4.78, 5) is 14.7. The van der Waals surface area contributed by atoms with Gasteiger partial charge in [-0.05, 0) is 18.7 Å². The fourth-order valence-electron chi connectivity index (χ4n) is 1.13. The van der Waals surface area contributed by atoms with Crippen molar-refractivity contribution in [1.82, 2.24) is 19.7 Å². The first-order chi connectivity index (χ1) is 8.06. The van der Waals surface area contributed by atoms with E-state index in [0.717, 1.165) is 15.3 Å². The molecule has 0 aliphatic carbocycles. The molecule has 1 N–H and O–H groups in total. The molecule has 2 rings (SSSR count). The smallest absolute Gasteiger partial charge is 0.309 e. The summed E-state index contributed by atoms with van der Waals surface area (Å²) < 4.78 is 2.64. The Balaban J connectivity index is 2.11. The minimum absolute atomic E-state index is 0.0467. The van der Waals surface area contributed by atoms with Crippen LogP contribution < -0.4 is 0 Å². The lowest BCUT2D eigenvalue weighted by Gasteiger charge is -1.97. The maximum absolute atomic E-state index is 10.5. The Labute approximate surface area is 106 Å². The largest absolute Gasteiger partial charge is 0.481 e. The van der Waals surface area contributed by atoms with Crippen molar-refractivity contribution in [3.8, 4) is 0 Å². The maximum atomic E-state index is 10.5. The van der Waals surface area contributed by atoms with Gasteiger partial charge in [0.15, 0.2) is 9.50 Å². The van der Waals surface area contributed by atoms with Crippen molar-refractivity contribution in [1.29, 1.82) is 0 Å². The number of aromatic nitrogens is 4. The van der Waals surface area contributed by atoms with E-state index < -0.39 is 5.97 Å². The lowest BCUT2D eigenvalue weighted by Crippen LogP contribution is -1.99. The van der Waals surface area contributed by atoms with Gasteiger partial charge in [-0.15, -0.1) is 21.5 Å². The van der Waals surface area contributed by atoms with Crippen LogP contribution in [-0.4, -0.2) is 30.8 Å². The summed E-state index contributed by atoms with van der Waals surface area (Å²) in [6, 6.07) is 0. The van der Waals surface area contributed by atoms with Gasteiger partial charge in [0.05, 0.1) is 12.1 Å². The molecule has 0 fully saturated rings. The van der Waals surface area contributed by atoms with Crippen LogP contribution in [0, 0.1) is 6.92 Å². The van der Waals surface area contributed by atoms with Crippen molar-refractivity contribution in [3.63, 3.8) is 0 Å². The number of carboxylic acid groups (broad SMARTS) is 1. The van der Waals surface area contributed by atoms with E-state index in [0.29, 0.717) is 5.69 Å². The zero-order valence-corrected chi connectivity index (χ0v) is 10.9. The lowest BCUT2D eigenvalue weighted by atomic mass is 10.3. The molecule has 0 radical (unpaired) electrons. The van der Waals surface area contributed by atoms with Crippen LogP contribution in [0.1, 0.15) is 11.5 Å². The van der Waals surface area contributed by atoms with Gasteiger partial charge in [0.2, 0.25) is 0 Å². The monoisotopic (exact) mass is 270 g/mol. The third-order valence-corrected chi connectivity index (χ3v) is 4.12. The minimum Gasteiger partial charge on any atom is -0.481 e. The number of aliphatic carboxylic acids is 1. The zero-order chi connectivity index (χ0) is 12.4. The first-order valence-corrected chi connectivity index (χ1v) is 6.46. The normalized spacial score (nSPS) is 10.7. The van der Waals surface area contributed by atoms with Crippen LogP contribution in [0.3, 0.4) is 0 Å². The molecular weight excluding hydrogens is 260 g/mol. The van der Waals surface area contributed by atoms with E-state index in [4.69, 9.17) is 5.11 Å². The van der Waals surface area contributed by atoms with Gasteiger partial charge in [-0.1, -0.05) is 0 Å². The quantitative estimate of drug-likeness (QED) is 0.903. The van der Waals surface area contributed by atoms with Gasteiger partial charge in [0, 0.05) is 12.4 Å². The highest BCUT2D eigenvalue weighted by Gasteiger charge is 2.11. The topological polar surface area (TPSA) is 80.9 Å². The van der Waals surface area contributed by atoms with Gasteiger partial charge in [0.1, 0.15) is 5.82 Å². The minimum atomic E-state index is -0.874. The number of rotatable bonds is 4. The van der Waals surface area contributed by atoms with Crippen molar-refractivity contribution < 1.29 is 9.90 Å². The zero-order valence-electron chi connectivity index (χ0n) is 9.25. The van der Waals surface area contributed by atoms with Gasteiger partial charge >= 0.3 is 5.97 Å². The molecule has 0 bridgehead atoms. The highest BCUT2D eigenvalue weighted by Crippen LogP contribution is 2.28. The van der Waals surface area contributed by atoms with Gasteiger partial charge in [-0.25, -0.2) is 4.98 Å². The van der Waals surface area contributed by atoms with Crippen molar-refractivity contribution in [3.05, 3.63) is 16.9 Å². The first-order valence-electron chi connectivity index (χ1n) is 4.76. The second-order valence-electron chi connectivity index (χ2n) is 3.37. The second-order valence-corrected chi connectivity index (χ2v) is 5.44. The van der Waals surface area contributed by atoms with Gasteiger partial charge in [0.25, 0.3) is 0 Å². The molecule has 0 saturated carbocycles. The third kappa shape index (κ3) is 2.83. The average molecular weight is 270 g/mol. The fraction of sp³-hybridized carbons (Fsp3) is 0.333. The Kier molecular flexibility index (Phi) is 3.43. The van der Waals surface area contributed by atoms with Crippen LogP contribution in [0.15, 0.2) is 14.9 Å². The number of hydrogen-bond acceptors (Lipinski definition) is 6. The molecule has 17 heavy (non-hydrogen) atoms. The number of carboxylic acids is 1. The van der Waals surface area contributed by atoms with E-state index in [-0.39, 0.29) is 6.42 Å². The molecule has 0 aliphatic rings. The SMILES string of the molecule is Cc1nnc(Sc2nc(CC(=O)O)cs2)n1C. The summed E-state index contributed by atoms with van der Waals surface area (Å²) in [5.41, 5.74) is 0.573. The molecule has 0 amide bonds. The number of carbonyl (C=O) groups is 1. The molecule has 6 nitrogen and oxygen atoms in total. The van der Waals surface area contributed by atoms with Gasteiger partial charge in [-0.3, -0.25) is 4.79 Å². The Morgan fingerprint density at radius 3 is 2.94 bits per heavy atom. The average Bonchev–Trinajstić information content (AvgIpc) is 2.80. The van der Waals surface area contributed by atoms with Crippen LogP contribution in [-0.2, 0) is 18.3 Å². The van der Waals surface area contributed by atoms with E-state index in [1.807, 2.05) is 18.5 Å². The van der Waals surface area contributed by atoms with Crippen molar-refractivity contribution in [2.24, 2.45) is 7.05 Å². The Hall–Kier alpha value is -1.41. The van der Waals surface area contributed by atoms with E-state index >= 15 is 0 Å². The summed E-state index contributed by atoms with van der Waals surface area (Å²) in [6.45, 7) is 1.87. The van der Waals surface area contributed by atoms with Crippen LogP contribution >= 0.6 is 23.1 Å². The molecule has 0 saturated heterocycles. The molecule has 0 aromatic carbocycles. The van der Waals surface area contributed by atoms with Crippen LogP contribution in [0.5, 0.6) is 0 Å². The lowest BCUT2D eigenvalue weighted by molar-refractivity contribution is -0.136. The molecule has 2 aromatic heterocycles. The number of aryl methyl sites for hydroxylation is 1. The van der Waals surface area contributed by atoms with Gasteiger partial charge < -0.3 is 9.67 Å². The van der Waals surface area contributed by atoms with E-state index in [1.54, 1.807) is 5.38 Å².